The van der Waals surface area contributed by atoms with Gasteiger partial charge in [0.05, 0.1) is 31.0 Å². The fourth-order valence-corrected chi connectivity index (χ4v) is 1.54. The van der Waals surface area contributed by atoms with Gasteiger partial charge >= 0.3 is 0 Å². The van der Waals surface area contributed by atoms with Crippen LogP contribution in [0.4, 0.5) is 5.69 Å². The van der Waals surface area contributed by atoms with Crippen molar-refractivity contribution in [2.75, 3.05) is 19.0 Å². The second kappa shape index (κ2) is 6.10. The van der Waals surface area contributed by atoms with Crippen LogP contribution < -0.4 is 15.4 Å². The molecule has 0 saturated heterocycles. The zero-order valence-electron chi connectivity index (χ0n) is 11.7. The molecule has 0 bridgehead atoms. The van der Waals surface area contributed by atoms with Crippen molar-refractivity contribution in [3.8, 4) is 11.8 Å². The van der Waals surface area contributed by atoms with Gasteiger partial charge in [-0.05, 0) is 32.9 Å². The van der Waals surface area contributed by atoms with Gasteiger partial charge in [-0.15, -0.1) is 0 Å². The normalized spacial score (nSPS) is 10.5. The number of rotatable bonds is 4. The van der Waals surface area contributed by atoms with Gasteiger partial charge in [0.2, 0.25) is 5.91 Å². The van der Waals surface area contributed by atoms with E-state index in [1.54, 1.807) is 18.2 Å². The Kier molecular flexibility index (Phi) is 4.76. The first kappa shape index (κ1) is 14.8. The standard InChI is InChI=1S/C14H19N3O2/c1-14(2,3)17-13(18)9-16-11-6-5-10(8-15)7-12(11)19-4/h5-7,16H,9H2,1-4H3,(H,17,18). The molecule has 0 spiro atoms. The summed E-state index contributed by atoms with van der Waals surface area (Å²) in [7, 11) is 1.52. The molecule has 0 aliphatic carbocycles. The molecule has 0 aliphatic heterocycles. The molecule has 0 saturated carbocycles. The van der Waals surface area contributed by atoms with Gasteiger partial charge in [0.1, 0.15) is 5.75 Å². The summed E-state index contributed by atoms with van der Waals surface area (Å²) in [6, 6.07) is 7.06. The maximum absolute atomic E-state index is 11.7. The molecule has 5 nitrogen and oxygen atoms in total. The van der Waals surface area contributed by atoms with Gasteiger partial charge in [0.15, 0.2) is 0 Å². The summed E-state index contributed by atoms with van der Waals surface area (Å²) in [5, 5.41) is 14.7. The fourth-order valence-electron chi connectivity index (χ4n) is 1.54. The molecule has 0 radical (unpaired) electrons. The van der Waals surface area contributed by atoms with Crippen molar-refractivity contribution in [2.45, 2.75) is 26.3 Å². The van der Waals surface area contributed by atoms with E-state index in [0.717, 1.165) is 0 Å². The lowest BCUT2D eigenvalue weighted by Crippen LogP contribution is -2.43. The molecule has 2 N–H and O–H groups in total. The van der Waals surface area contributed by atoms with Crippen LogP contribution in [0, 0.1) is 11.3 Å². The number of anilines is 1. The number of methoxy groups -OCH3 is 1. The highest BCUT2D eigenvalue weighted by Gasteiger charge is 2.13. The van der Waals surface area contributed by atoms with Crippen molar-refractivity contribution in [1.29, 1.82) is 5.26 Å². The molecule has 1 aromatic carbocycles. The lowest BCUT2D eigenvalue weighted by Gasteiger charge is -2.21. The number of nitriles is 1. The monoisotopic (exact) mass is 261 g/mol. The van der Waals surface area contributed by atoms with E-state index in [1.165, 1.54) is 7.11 Å². The van der Waals surface area contributed by atoms with Gasteiger partial charge in [0, 0.05) is 11.6 Å². The third-order valence-corrected chi connectivity index (χ3v) is 2.28. The lowest BCUT2D eigenvalue weighted by atomic mass is 10.1. The number of nitrogens with one attached hydrogen (secondary N) is 2. The fraction of sp³-hybridized carbons (Fsp3) is 0.429. The number of amides is 1. The van der Waals surface area contributed by atoms with E-state index in [1.807, 2.05) is 26.8 Å². The van der Waals surface area contributed by atoms with Crippen molar-refractivity contribution < 1.29 is 9.53 Å². The van der Waals surface area contributed by atoms with E-state index < -0.39 is 0 Å². The van der Waals surface area contributed by atoms with Crippen LogP contribution in [0.2, 0.25) is 0 Å². The Morgan fingerprint density at radius 1 is 1.42 bits per heavy atom. The largest absolute Gasteiger partial charge is 0.495 e. The highest BCUT2D eigenvalue weighted by atomic mass is 16.5. The molecule has 0 unspecified atom stereocenters. The minimum absolute atomic E-state index is 0.0982. The van der Waals surface area contributed by atoms with E-state index in [4.69, 9.17) is 10.00 Å². The van der Waals surface area contributed by atoms with Crippen LogP contribution >= 0.6 is 0 Å². The van der Waals surface area contributed by atoms with Gasteiger partial charge in [0.25, 0.3) is 0 Å². The molecule has 0 aliphatic rings. The number of hydrogen-bond donors (Lipinski definition) is 2. The molecule has 19 heavy (non-hydrogen) atoms. The number of carbonyl (C=O) groups excluding carboxylic acids is 1. The second-order valence-electron chi connectivity index (χ2n) is 5.18. The molecular weight excluding hydrogens is 242 g/mol. The quantitative estimate of drug-likeness (QED) is 0.868. The molecule has 102 valence electrons. The number of nitrogens with zero attached hydrogens (tertiary/aromatic N) is 1. The third-order valence-electron chi connectivity index (χ3n) is 2.28. The van der Waals surface area contributed by atoms with Gasteiger partial charge in [-0.25, -0.2) is 0 Å². The molecule has 5 heteroatoms. The minimum atomic E-state index is -0.256. The van der Waals surface area contributed by atoms with E-state index in [9.17, 15) is 4.79 Å². The maximum atomic E-state index is 11.7. The first-order valence-electron chi connectivity index (χ1n) is 5.99. The van der Waals surface area contributed by atoms with Crippen LogP contribution in [0.3, 0.4) is 0 Å². The number of hydrogen-bond acceptors (Lipinski definition) is 4. The Morgan fingerprint density at radius 2 is 2.11 bits per heavy atom. The summed E-state index contributed by atoms with van der Waals surface area (Å²) >= 11 is 0. The summed E-state index contributed by atoms with van der Waals surface area (Å²) in [5.41, 5.74) is 0.945. The zero-order chi connectivity index (χ0) is 14.5. The molecular formula is C14H19N3O2. The summed E-state index contributed by atoms with van der Waals surface area (Å²) in [6.07, 6.45) is 0. The van der Waals surface area contributed by atoms with Crippen molar-refractivity contribution in [2.24, 2.45) is 0 Å². The number of carbonyl (C=O) groups is 1. The maximum Gasteiger partial charge on any atom is 0.239 e. The Balaban J connectivity index is 2.68. The first-order valence-corrected chi connectivity index (χ1v) is 5.99. The number of benzene rings is 1. The summed E-state index contributed by atoms with van der Waals surface area (Å²) in [6.45, 7) is 5.92. The third kappa shape index (κ3) is 4.88. The van der Waals surface area contributed by atoms with Gasteiger partial charge in [-0.1, -0.05) is 0 Å². The van der Waals surface area contributed by atoms with E-state index in [2.05, 4.69) is 10.6 Å². The Bertz CT molecular complexity index is 498. The average molecular weight is 261 g/mol. The second-order valence-corrected chi connectivity index (χ2v) is 5.18. The van der Waals surface area contributed by atoms with Crippen LogP contribution in [-0.2, 0) is 4.79 Å². The van der Waals surface area contributed by atoms with Gasteiger partial charge < -0.3 is 15.4 Å². The summed E-state index contributed by atoms with van der Waals surface area (Å²) in [4.78, 5) is 11.7. The van der Waals surface area contributed by atoms with E-state index in [0.29, 0.717) is 17.0 Å². The Labute approximate surface area is 113 Å². The molecule has 0 fully saturated rings. The zero-order valence-corrected chi connectivity index (χ0v) is 11.7. The Morgan fingerprint density at radius 3 is 2.63 bits per heavy atom. The van der Waals surface area contributed by atoms with Gasteiger partial charge in [-0.2, -0.15) is 5.26 Å². The molecule has 1 amide bonds. The SMILES string of the molecule is COc1cc(C#N)ccc1NCC(=O)NC(C)(C)C. The lowest BCUT2D eigenvalue weighted by molar-refractivity contribution is -0.120. The van der Waals surface area contributed by atoms with Crippen molar-refractivity contribution in [1.82, 2.24) is 5.32 Å². The predicted molar refractivity (Wildman–Crippen MR) is 74.1 cm³/mol. The van der Waals surface area contributed by atoms with Crippen LogP contribution in [0.15, 0.2) is 18.2 Å². The molecule has 0 heterocycles. The molecule has 1 aromatic rings. The Hall–Kier alpha value is -2.22. The predicted octanol–water partition coefficient (Wildman–Crippen LogP) is 1.89. The summed E-state index contributed by atoms with van der Waals surface area (Å²) in [5.74, 6) is 0.446. The van der Waals surface area contributed by atoms with Crippen molar-refractivity contribution in [3.05, 3.63) is 23.8 Å². The van der Waals surface area contributed by atoms with Crippen LogP contribution in [-0.4, -0.2) is 25.1 Å². The first-order chi connectivity index (χ1) is 8.85. The minimum Gasteiger partial charge on any atom is -0.495 e. The van der Waals surface area contributed by atoms with E-state index >= 15 is 0 Å². The van der Waals surface area contributed by atoms with Crippen LogP contribution in [0.1, 0.15) is 26.3 Å². The van der Waals surface area contributed by atoms with Gasteiger partial charge in [-0.3, -0.25) is 4.79 Å². The van der Waals surface area contributed by atoms with Crippen molar-refractivity contribution >= 4 is 11.6 Å². The smallest absolute Gasteiger partial charge is 0.239 e. The highest BCUT2D eigenvalue weighted by Crippen LogP contribution is 2.24. The van der Waals surface area contributed by atoms with E-state index in [-0.39, 0.29) is 18.0 Å². The highest BCUT2D eigenvalue weighted by molar-refractivity contribution is 5.82. The summed E-state index contributed by atoms with van der Waals surface area (Å²) < 4.78 is 5.18. The van der Waals surface area contributed by atoms with Crippen molar-refractivity contribution in [3.63, 3.8) is 0 Å². The average Bonchev–Trinajstić information content (AvgIpc) is 2.34. The molecule has 0 atom stereocenters. The van der Waals surface area contributed by atoms with Crippen LogP contribution in [0.5, 0.6) is 5.75 Å². The molecule has 1 rings (SSSR count). The topological polar surface area (TPSA) is 74.1 Å². The van der Waals surface area contributed by atoms with Crippen LogP contribution in [0.25, 0.3) is 0 Å². The molecule has 0 aromatic heterocycles. The number of ether oxygens (including phenoxy) is 1.